The number of hydrogen-bond acceptors (Lipinski definition) is 7. The molecule has 2 aromatic rings. The van der Waals surface area contributed by atoms with Crippen molar-refractivity contribution in [2.75, 3.05) is 23.4 Å². The van der Waals surface area contributed by atoms with Crippen LogP contribution in [0.2, 0.25) is 5.02 Å². The Hall–Kier alpha value is -4.07. The molecule has 0 saturated carbocycles. The predicted octanol–water partition coefficient (Wildman–Crippen LogP) is 1.32. The third kappa shape index (κ3) is 6.25. The monoisotopic (exact) mass is 481 g/mol. The van der Waals surface area contributed by atoms with Crippen molar-refractivity contribution in [3.8, 4) is 6.07 Å². The number of nitriles is 1. The Morgan fingerprint density at radius 2 is 1.85 bits per heavy atom. The van der Waals surface area contributed by atoms with Crippen LogP contribution in [0.1, 0.15) is 6.42 Å². The number of halogens is 1. The number of anilines is 2. The van der Waals surface area contributed by atoms with Gasteiger partial charge in [-0.1, -0.05) is 29.8 Å². The van der Waals surface area contributed by atoms with E-state index >= 15 is 0 Å². The third-order valence-electron chi connectivity index (χ3n) is 5.25. The number of nitrogens with one attached hydrogen (secondary N) is 2. The Labute approximate surface area is 201 Å². The van der Waals surface area contributed by atoms with Gasteiger partial charge in [-0.05, 0) is 42.8 Å². The maximum absolute atomic E-state index is 12.7. The van der Waals surface area contributed by atoms with Crippen LogP contribution in [0.5, 0.6) is 0 Å². The zero-order valence-electron chi connectivity index (χ0n) is 18.1. The first-order valence-corrected chi connectivity index (χ1v) is 10.8. The molecule has 1 heterocycles. The minimum Gasteiger partial charge on any atom is -0.393 e. The lowest BCUT2D eigenvalue weighted by molar-refractivity contribution is -0.132. The molecule has 10 nitrogen and oxygen atoms in total. The molecule has 2 aromatic carbocycles. The molecule has 1 saturated heterocycles. The molecule has 3 rings (SSSR count). The van der Waals surface area contributed by atoms with Gasteiger partial charge in [-0.3, -0.25) is 19.4 Å². The number of carbonyl (C=O) groups excluding carboxylic acids is 3. The summed E-state index contributed by atoms with van der Waals surface area (Å²) in [6.07, 6.45) is 1.42. The van der Waals surface area contributed by atoms with Gasteiger partial charge in [-0.15, -0.1) is 0 Å². The predicted molar refractivity (Wildman–Crippen MR) is 128 cm³/mol. The smallest absolute Gasteiger partial charge is 0.269 e. The van der Waals surface area contributed by atoms with Gasteiger partial charge in [0.15, 0.2) is 0 Å². The largest absolute Gasteiger partial charge is 0.393 e. The van der Waals surface area contributed by atoms with Gasteiger partial charge in [0.2, 0.25) is 11.8 Å². The van der Waals surface area contributed by atoms with E-state index in [0.29, 0.717) is 16.4 Å². The molecule has 0 spiro atoms. The van der Waals surface area contributed by atoms with Crippen LogP contribution in [-0.2, 0) is 14.4 Å². The minimum absolute atomic E-state index is 0.0735. The van der Waals surface area contributed by atoms with Crippen molar-refractivity contribution in [2.24, 2.45) is 17.5 Å². The molecular formula is C23H24ClN7O3. The van der Waals surface area contributed by atoms with Crippen molar-refractivity contribution in [1.29, 1.82) is 5.26 Å². The van der Waals surface area contributed by atoms with Crippen LogP contribution in [0.4, 0.5) is 11.4 Å². The summed E-state index contributed by atoms with van der Waals surface area (Å²) in [6.45, 7) is -0.311. The fourth-order valence-electron chi connectivity index (χ4n) is 3.45. The molecule has 0 aromatic heterocycles. The van der Waals surface area contributed by atoms with E-state index in [1.165, 1.54) is 11.1 Å². The van der Waals surface area contributed by atoms with Crippen LogP contribution in [0.3, 0.4) is 0 Å². The molecule has 3 amide bonds. The standard InChI is InChI=1S/C23H24ClN7O3/c24-16-6-8-18(9-7-16)31(27)14-20(26)23(34)28-12-21(32)30-13-15(10-19(30)11-25)22(33)29-17-4-2-1-3-5-17/h1-9,14-15,19H,10,12-13,26-27H2,(H,28,34)(H,29,33)/b20-14-. The first-order chi connectivity index (χ1) is 16.3. The molecular weight excluding hydrogens is 458 g/mol. The summed E-state index contributed by atoms with van der Waals surface area (Å²) in [6, 6.07) is 16.7. The summed E-state index contributed by atoms with van der Waals surface area (Å²) in [5, 5.41) is 16.3. The highest BCUT2D eigenvalue weighted by Crippen LogP contribution is 2.24. The second-order valence-electron chi connectivity index (χ2n) is 7.63. The van der Waals surface area contributed by atoms with Gasteiger partial charge in [-0.25, -0.2) is 5.84 Å². The molecule has 0 aliphatic carbocycles. The maximum Gasteiger partial charge on any atom is 0.269 e. The number of hydrazine groups is 1. The zero-order chi connectivity index (χ0) is 24.7. The molecule has 1 fully saturated rings. The van der Waals surface area contributed by atoms with E-state index < -0.39 is 23.8 Å². The number of nitrogens with two attached hydrogens (primary N) is 2. The molecule has 6 N–H and O–H groups in total. The van der Waals surface area contributed by atoms with Crippen molar-refractivity contribution >= 4 is 40.7 Å². The number of carbonyl (C=O) groups is 3. The lowest BCUT2D eigenvalue weighted by atomic mass is 10.1. The number of amides is 3. The second kappa shape index (κ2) is 11.2. The van der Waals surface area contributed by atoms with E-state index in [1.54, 1.807) is 48.5 Å². The van der Waals surface area contributed by atoms with Gasteiger partial charge in [0.1, 0.15) is 11.7 Å². The fraction of sp³-hybridized carbons (Fsp3) is 0.217. The first kappa shape index (κ1) is 24.6. The molecule has 1 aliphatic rings. The van der Waals surface area contributed by atoms with Crippen molar-refractivity contribution in [1.82, 2.24) is 10.2 Å². The van der Waals surface area contributed by atoms with E-state index in [1.807, 2.05) is 12.1 Å². The van der Waals surface area contributed by atoms with Crippen LogP contribution < -0.4 is 27.2 Å². The quantitative estimate of drug-likeness (QED) is 0.263. The molecule has 11 heteroatoms. The molecule has 176 valence electrons. The Bertz CT molecular complexity index is 1120. The third-order valence-corrected chi connectivity index (χ3v) is 5.50. The lowest BCUT2D eigenvalue weighted by Crippen LogP contribution is -2.43. The minimum atomic E-state index is -0.770. The molecule has 2 atom stereocenters. The van der Waals surface area contributed by atoms with Gasteiger partial charge in [0.05, 0.1) is 24.2 Å². The zero-order valence-corrected chi connectivity index (χ0v) is 18.9. The molecule has 1 aliphatic heterocycles. The lowest BCUT2D eigenvalue weighted by Gasteiger charge is -2.20. The van der Waals surface area contributed by atoms with Gasteiger partial charge >= 0.3 is 0 Å². The second-order valence-corrected chi connectivity index (χ2v) is 8.07. The van der Waals surface area contributed by atoms with E-state index in [2.05, 4.69) is 10.6 Å². The average molecular weight is 482 g/mol. The summed E-state index contributed by atoms with van der Waals surface area (Å²) < 4.78 is 0. The Morgan fingerprint density at radius 1 is 1.18 bits per heavy atom. The van der Waals surface area contributed by atoms with Crippen LogP contribution in [0.15, 0.2) is 66.5 Å². The number of benzene rings is 2. The summed E-state index contributed by atoms with van der Waals surface area (Å²) in [7, 11) is 0. The first-order valence-electron chi connectivity index (χ1n) is 10.4. The number of hydrogen-bond donors (Lipinski definition) is 4. The topological polar surface area (TPSA) is 158 Å². The average Bonchev–Trinajstić information content (AvgIpc) is 3.28. The highest BCUT2D eigenvalue weighted by atomic mass is 35.5. The number of nitrogens with zero attached hydrogens (tertiary/aromatic N) is 3. The Kier molecular flexibility index (Phi) is 8.08. The van der Waals surface area contributed by atoms with Crippen LogP contribution in [0.25, 0.3) is 0 Å². The normalized spacial score (nSPS) is 17.6. The summed E-state index contributed by atoms with van der Waals surface area (Å²) >= 11 is 5.84. The van der Waals surface area contributed by atoms with Crippen LogP contribution in [-0.4, -0.2) is 41.8 Å². The van der Waals surface area contributed by atoms with E-state index in [-0.39, 0.29) is 31.1 Å². The Morgan fingerprint density at radius 3 is 2.50 bits per heavy atom. The van der Waals surface area contributed by atoms with Crippen LogP contribution in [0, 0.1) is 17.2 Å². The SMILES string of the molecule is N#CC1CC(C(=O)Nc2ccccc2)CN1C(=O)CNC(=O)/C(N)=C/N(N)c1ccc(Cl)cc1. The van der Waals surface area contributed by atoms with Gasteiger partial charge in [-0.2, -0.15) is 5.26 Å². The molecule has 0 radical (unpaired) electrons. The van der Waals surface area contributed by atoms with Gasteiger partial charge in [0.25, 0.3) is 5.91 Å². The van der Waals surface area contributed by atoms with Gasteiger partial charge in [0, 0.05) is 23.5 Å². The summed E-state index contributed by atoms with van der Waals surface area (Å²) in [4.78, 5) is 38.8. The molecule has 0 bridgehead atoms. The number of para-hydroxylation sites is 1. The van der Waals surface area contributed by atoms with E-state index in [4.69, 9.17) is 23.2 Å². The van der Waals surface area contributed by atoms with Crippen molar-refractivity contribution in [3.05, 3.63) is 71.5 Å². The highest BCUT2D eigenvalue weighted by molar-refractivity contribution is 6.30. The fourth-order valence-corrected chi connectivity index (χ4v) is 3.57. The molecule has 34 heavy (non-hydrogen) atoms. The van der Waals surface area contributed by atoms with Crippen molar-refractivity contribution < 1.29 is 14.4 Å². The Balaban J connectivity index is 1.54. The van der Waals surface area contributed by atoms with Crippen molar-refractivity contribution in [2.45, 2.75) is 12.5 Å². The number of rotatable bonds is 7. The molecule has 2 unspecified atom stereocenters. The van der Waals surface area contributed by atoms with Gasteiger partial charge < -0.3 is 21.3 Å². The van der Waals surface area contributed by atoms with Crippen molar-refractivity contribution in [3.63, 3.8) is 0 Å². The van der Waals surface area contributed by atoms with E-state index in [9.17, 15) is 19.6 Å². The van der Waals surface area contributed by atoms with E-state index in [0.717, 1.165) is 5.01 Å². The summed E-state index contributed by atoms with van der Waals surface area (Å²) in [5.74, 6) is 3.86. The number of likely N-dealkylation sites (tertiary alicyclic amines) is 1. The maximum atomic E-state index is 12.7. The van der Waals surface area contributed by atoms with Crippen LogP contribution >= 0.6 is 11.6 Å². The summed E-state index contributed by atoms with van der Waals surface area (Å²) in [5.41, 5.74) is 6.74. The highest BCUT2D eigenvalue weighted by Gasteiger charge is 2.38.